The number of amides is 3. The quantitative estimate of drug-likeness (QED) is 0.169. The molecule has 0 saturated heterocycles. The fourth-order valence-corrected chi connectivity index (χ4v) is 3.43. The minimum atomic E-state index is -1.46. The first-order chi connectivity index (χ1) is 17.3. The number of aromatic hydroxyl groups is 1. The Kier molecular flexibility index (Phi) is 12.5. The summed E-state index contributed by atoms with van der Waals surface area (Å²) in [6.45, 7) is 6.97. The zero-order valence-corrected chi connectivity index (χ0v) is 21.6. The van der Waals surface area contributed by atoms with Crippen LogP contribution in [0.15, 0.2) is 24.3 Å². The Hall–Kier alpha value is -3.67. The van der Waals surface area contributed by atoms with Crippen LogP contribution in [0.2, 0.25) is 0 Å². The molecule has 8 N–H and O–H groups in total. The molecule has 5 unspecified atom stereocenters. The van der Waals surface area contributed by atoms with E-state index in [1.54, 1.807) is 26.0 Å². The number of phenols is 1. The largest absolute Gasteiger partial charge is 0.508 e. The monoisotopic (exact) mass is 522 g/mol. The first-order valence-electron chi connectivity index (χ1n) is 12.2. The maximum atomic E-state index is 13.3. The Bertz CT molecular complexity index is 951. The molecule has 1 rings (SSSR count). The Morgan fingerprint density at radius 2 is 1.43 bits per heavy atom. The minimum Gasteiger partial charge on any atom is -0.508 e. The van der Waals surface area contributed by atoms with E-state index in [0.717, 1.165) is 0 Å². The molecule has 37 heavy (non-hydrogen) atoms. The molecular formula is C25H38N4O8. The number of hydrogen-bond donors (Lipinski definition) is 7. The highest BCUT2D eigenvalue weighted by Crippen LogP contribution is 2.13. The smallest absolute Gasteiger partial charge is 0.326 e. The van der Waals surface area contributed by atoms with Gasteiger partial charge in [0.1, 0.15) is 23.9 Å². The van der Waals surface area contributed by atoms with E-state index < -0.39 is 66.2 Å². The fourth-order valence-electron chi connectivity index (χ4n) is 3.43. The predicted octanol–water partition coefficient (Wildman–Crippen LogP) is 0.368. The second kappa shape index (κ2) is 14.8. The number of nitrogens with two attached hydrogens (primary N) is 1. The highest BCUT2D eigenvalue weighted by molar-refractivity contribution is 5.94. The SMILES string of the molecule is CCC(C)C(N)C(=O)NC(Cc1ccc(O)cc1)C(=O)NC(C(=O)NC(CCC(=O)O)C(=O)O)C(C)C. The Morgan fingerprint density at radius 3 is 1.92 bits per heavy atom. The van der Waals surface area contributed by atoms with Crippen LogP contribution in [-0.4, -0.2) is 69.1 Å². The van der Waals surface area contributed by atoms with Gasteiger partial charge in [-0.25, -0.2) is 4.79 Å². The standard InChI is InChI=1S/C25H38N4O8/c1-5-14(4)20(26)23(34)28-18(12-15-6-8-16(30)9-7-15)22(33)29-21(13(2)3)24(35)27-17(25(36)37)10-11-19(31)32/h6-9,13-14,17-18,20-21,30H,5,10-12,26H2,1-4H3,(H,27,35)(H,28,34)(H,29,33)(H,31,32)(H,36,37). The second-order valence-electron chi connectivity index (χ2n) is 9.41. The van der Waals surface area contributed by atoms with E-state index in [4.69, 9.17) is 10.8 Å². The normalized spacial score (nSPS) is 15.1. The summed E-state index contributed by atoms with van der Waals surface area (Å²) >= 11 is 0. The third kappa shape index (κ3) is 10.5. The lowest BCUT2D eigenvalue weighted by Crippen LogP contribution is -2.59. The molecule has 0 spiro atoms. The molecule has 0 aliphatic heterocycles. The van der Waals surface area contributed by atoms with Crippen molar-refractivity contribution in [2.75, 3.05) is 0 Å². The number of carboxylic acids is 2. The lowest BCUT2D eigenvalue weighted by molar-refractivity contribution is -0.143. The summed E-state index contributed by atoms with van der Waals surface area (Å²) in [5.41, 5.74) is 6.65. The van der Waals surface area contributed by atoms with E-state index in [1.165, 1.54) is 12.1 Å². The molecule has 12 heteroatoms. The lowest BCUT2D eigenvalue weighted by atomic mass is 9.97. The van der Waals surface area contributed by atoms with Gasteiger partial charge < -0.3 is 37.0 Å². The molecule has 206 valence electrons. The third-order valence-electron chi connectivity index (χ3n) is 6.08. The average molecular weight is 523 g/mol. The predicted molar refractivity (Wildman–Crippen MR) is 134 cm³/mol. The highest BCUT2D eigenvalue weighted by atomic mass is 16.4. The van der Waals surface area contributed by atoms with Crippen molar-refractivity contribution in [3.63, 3.8) is 0 Å². The minimum absolute atomic E-state index is 0.0278. The van der Waals surface area contributed by atoms with Crippen LogP contribution in [0.25, 0.3) is 0 Å². The summed E-state index contributed by atoms with van der Waals surface area (Å²) in [6, 6.07) is 1.43. The van der Waals surface area contributed by atoms with Crippen LogP contribution in [0.5, 0.6) is 5.75 Å². The maximum absolute atomic E-state index is 13.3. The number of nitrogens with one attached hydrogen (secondary N) is 3. The summed E-state index contributed by atoms with van der Waals surface area (Å²) in [6.07, 6.45) is -0.116. The van der Waals surface area contributed by atoms with Gasteiger partial charge in [-0.3, -0.25) is 19.2 Å². The maximum Gasteiger partial charge on any atom is 0.326 e. The fraction of sp³-hybridized carbons (Fsp3) is 0.560. The molecule has 5 atom stereocenters. The van der Waals surface area contributed by atoms with Gasteiger partial charge in [-0.15, -0.1) is 0 Å². The van der Waals surface area contributed by atoms with Gasteiger partial charge in [-0.1, -0.05) is 46.2 Å². The van der Waals surface area contributed by atoms with E-state index in [9.17, 15) is 34.2 Å². The molecule has 0 fully saturated rings. The number of carboxylic acid groups (broad SMARTS) is 2. The molecule has 0 aromatic heterocycles. The lowest BCUT2D eigenvalue weighted by Gasteiger charge is -2.27. The average Bonchev–Trinajstić information content (AvgIpc) is 2.83. The second-order valence-corrected chi connectivity index (χ2v) is 9.41. The molecule has 0 heterocycles. The van der Waals surface area contributed by atoms with Gasteiger partial charge in [-0.2, -0.15) is 0 Å². The highest BCUT2D eigenvalue weighted by Gasteiger charge is 2.32. The topological polar surface area (TPSA) is 208 Å². The van der Waals surface area contributed by atoms with Crippen molar-refractivity contribution in [3.05, 3.63) is 29.8 Å². The Balaban J connectivity index is 3.11. The molecule has 0 saturated carbocycles. The number of carbonyl (C=O) groups is 5. The number of aliphatic carboxylic acids is 2. The van der Waals surface area contributed by atoms with Gasteiger partial charge in [0.2, 0.25) is 17.7 Å². The van der Waals surface area contributed by atoms with Crippen molar-refractivity contribution < 1.29 is 39.3 Å². The Morgan fingerprint density at radius 1 is 0.865 bits per heavy atom. The summed E-state index contributed by atoms with van der Waals surface area (Å²) in [5, 5.41) is 35.2. The molecule has 12 nitrogen and oxygen atoms in total. The van der Waals surface area contributed by atoms with Crippen LogP contribution >= 0.6 is 0 Å². The molecule has 0 aliphatic rings. The molecule has 3 amide bonds. The van der Waals surface area contributed by atoms with Crippen molar-refractivity contribution >= 4 is 29.7 Å². The first-order valence-corrected chi connectivity index (χ1v) is 12.2. The summed E-state index contributed by atoms with van der Waals surface area (Å²) < 4.78 is 0. The molecule has 0 bridgehead atoms. The van der Waals surface area contributed by atoms with E-state index in [0.29, 0.717) is 12.0 Å². The number of benzene rings is 1. The van der Waals surface area contributed by atoms with Crippen LogP contribution in [0.3, 0.4) is 0 Å². The van der Waals surface area contributed by atoms with Crippen LogP contribution in [0, 0.1) is 11.8 Å². The van der Waals surface area contributed by atoms with Crippen LogP contribution in [0.4, 0.5) is 0 Å². The van der Waals surface area contributed by atoms with E-state index in [1.807, 2.05) is 13.8 Å². The molecule has 0 aliphatic carbocycles. The third-order valence-corrected chi connectivity index (χ3v) is 6.08. The zero-order chi connectivity index (χ0) is 28.3. The summed E-state index contributed by atoms with van der Waals surface area (Å²) in [5.74, 6) is -5.23. The van der Waals surface area contributed by atoms with Crippen molar-refractivity contribution in [1.82, 2.24) is 16.0 Å². The number of hydrogen-bond acceptors (Lipinski definition) is 7. The van der Waals surface area contributed by atoms with Gasteiger partial charge in [0.25, 0.3) is 0 Å². The zero-order valence-electron chi connectivity index (χ0n) is 21.6. The van der Waals surface area contributed by atoms with Gasteiger partial charge in [0.15, 0.2) is 0 Å². The Labute approximate surface area is 216 Å². The molecule has 1 aromatic rings. The number of rotatable bonds is 15. The number of carbonyl (C=O) groups excluding carboxylic acids is 3. The van der Waals surface area contributed by atoms with E-state index >= 15 is 0 Å². The van der Waals surface area contributed by atoms with Crippen molar-refractivity contribution in [2.24, 2.45) is 17.6 Å². The van der Waals surface area contributed by atoms with Gasteiger partial charge in [0, 0.05) is 12.8 Å². The van der Waals surface area contributed by atoms with Crippen molar-refractivity contribution in [1.29, 1.82) is 0 Å². The van der Waals surface area contributed by atoms with Crippen LogP contribution in [0.1, 0.15) is 52.5 Å². The van der Waals surface area contributed by atoms with Gasteiger partial charge in [0.05, 0.1) is 6.04 Å². The van der Waals surface area contributed by atoms with Crippen molar-refractivity contribution in [3.8, 4) is 5.75 Å². The summed E-state index contributed by atoms with van der Waals surface area (Å²) in [7, 11) is 0. The van der Waals surface area contributed by atoms with Gasteiger partial charge >= 0.3 is 11.9 Å². The number of phenolic OH excluding ortho intramolecular Hbond substituents is 1. The van der Waals surface area contributed by atoms with E-state index in [-0.39, 0.29) is 24.5 Å². The molecular weight excluding hydrogens is 484 g/mol. The van der Waals surface area contributed by atoms with Crippen molar-refractivity contribution in [2.45, 2.75) is 77.5 Å². The molecule has 1 aromatic carbocycles. The van der Waals surface area contributed by atoms with Crippen LogP contribution in [-0.2, 0) is 30.4 Å². The summed E-state index contributed by atoms with van der Waals surface area (Å²) in [4.78, 5) is 61.2. The molecule has 0 radical (unpaired) electrons. The van der Waals surface area contributed by atoms with E-state index in [2.05, 4.69) is 16.0 Å². The first kappa shape index (κ1) is 31.4. The van der Waals surface area contributed by atoms with Crippen LogP contribution < -0.4 is 21.7 Å². The van der Waals surface area contributed by atoms with Gasteiger partial charge in [-0.05, 0) is 36.0 Å².